The molecule has 0 aliphatic carbocycles. The van der Waals surface area contributed by atoms with Gasteiger partial charge in [0.05, 0.1) is 17.3 Å². The van der Waals surface area contributed by atoms with Crippen molar-refractivity contribution < 1.29 is 9.21 Å². The standard InChI is InChI=1S/C20H21N3O2/c1-13(2)10-15-11-18(17-6-4-5-7-19(17)22-15)20(24)23-21-12-16-9-8-14(3)25-16/h4-9,11-13H,10H2,1-3H3,(H,23,24). The summed E-state index contributed by atoms with van der Waals surface area (Å²) in [5.41, 5.74) is 4.87. The van der Waals surface area contributed by atoms with Crippen LogP contribution in [0.2, 0.25) is 0 Å². The number of hydrogen-bond acceptors (Lipinski definition) is 4. The monoisotopic (exact) mass is 335 g/mol. The molecule has 128 valence electrons. The van der Waals surface area contributed by atoms with Gasteiger partial charge in [0.25, 0.3) is 5.91 Å². The van der Waals surface area contributed by atoms with Crippen molar-refractivity contribution >= 4 is 23.0 Å². The molecule has 3 rings (SSSR count). The van der Waals surface area contributed by atoms with E-state index < -0.39 is 0 Å². The van der Waals surface area contributed by atoms with E-state index in [1.54, 1.807) is 6.07 Å². The van der Waals surface area contributed by atoms with Gasteiger partial charge >= 0.3 is 0 Å². The highest BCUT2D eigenvalue weighted by Crippen LogP contribution is 2.20. The smallest absolute Gasteiger partial charge is 0.272 e. The fraction of sp³-hybridized carbons (Fsp3) is 0.250. The second kappa shape index (κ2) is 7.30. The lowest BCUT2D eigenvalue weighted by molar-refractivity contribution is 0.0956. The molecule has 5 heteroatoms. The number of amides is 1. The van der Waals surface area contributed by atoms with E-state index in [0.29, 0.717) is 17.2 Å². The average molecular weight is 335 g/mol. The lowest BCUT2D eigenvalue weighted by atomic mass is 10.0. The molecule has 0 saturated carbocycles. The highest BCUT2D eigenvalue weighted by Gasteiger charge is 2.13. The average Bonchev–Trinajstić information content (AvgIpc) is 2.98. The number of hydrazone groups is 1. The molecule has 5 nitrogen and oxygen atoms in total. The first-order valence-corrected chi connectivity index (χ1v) is 8.31. The van der Waals surface area contributed by atoms with Crippen LogP contribution in [0.25, 0.3) is 10.9 Å². The van der Waals surface area contributed by atoms with Crippen LogP contribution >= 0.6 is 0 Å². The summed E-state index contributed by atoms with van der Waals surface area (Å²) in [6, 6.07) is 13.1. The van der Waals surface area contributed by atoms with Gasteiger partial charge in [0.1, 0.15) is 11.5 Å². The molecule has 0 fully saturated rings. The highest BCUT2D eigenvalue weighted by atomic mass is 16.3. The predicted molar refractivity (Wildman–Crippen MR) is 98.8 cm³/mol. The Balaban J connectivity index is 1.87. The van der Waals surface area contributed by atoms with Gasteiger partial charge in [-0.3, -0.25) is 9.78 Å². The molecule has 0 aliphatic rings. The lowest BCUT2D eigenvalue weighted by Crippen LogP contribution is -2.18. The van der Waals surface area contributed by atoms with E-state index in [4.69, 9.17) is 4.42 Å². The van der Waals surface area contributed by atoms with Gasteiger partial charge in [-0.2, -0.15) is 5.10 Å². The van der Waals surface area contributed by atoms with Crippen LogP contribution < -0.4 is 5.43 Å². The molecule has 0 spiro atoms. The Labute approximate surface area is 146 Å². The number of hydrogen-bond donors (Lipinski definition) is 1. The van der Waals surface area contributed by atoms with E-state index in [2.05, 4.69) is 29.4 Å². The maximum atomic E-state index is 12.6. The van der Waals surface area contributed by atoms with Gasteiger partial charge in [-0.15, -0.1) is 0 Å². The van der Waals surface area contributed by atoms with Crippen LogP contribution in [0.3, 0.4) is 0 Å². The minimum Gasteiger partial charge on any atom is -0.460 e. The van der Waals surface area contributed by atoms with Gasteiger partial charge in [0.2, 0.25) is 0 Å². The van der Waals surface area contributed by atoms with Crippen molar-refractivity contribution in [2.45, 2.75) is 27.2 Å². The van der Waals surface area contributed by atoms with Gasteiger partial charge in [0, 0.05) is 11.1 Å². The van der Waals surface area contributed by atoms with Gasteiger partial charge in [-0.05, 0) is 43.5 Å². The third kappa shape index (κ3) is 4.12. The number of rotatable bonds is 5. The number of carbonyl (C=O) groups excluding carboxylic acids is 1. The zero-order chi connectivity index (χ0) is 17.8. The number of aryl methyl sites for hydroxylation is 1. The van der Waals surface area contributed by atoms with Crippen molar-refractivity contribution in [3.63, 3.8) is 0 Å². The quantitative estimate of drug-likeness (QED) is 0.564. The summed E-state index contributed by atoms with van der Waals surface area (Å²) in [6.45, 7) is 6.12. The number of carbonyl (C=O) groups is 1. The molecular formula is C20H21N3O2. The summed E-state index contributed by atoms with van der Waals surface area (Å²) in [5, 5.41) is 4.81. The molecular weight excluding hydrogens is 314 g/mol. The number of nitrogens with zero attached hydrogens (tertiary/aromatic N) is 2. The van der Waals surface area contributed by atoms with Crippen molar-refractivity contribution in [2.75, 3.05) is 0 Å². The molecule has 0 bridgehead atoms. The minimum atomic E-state index is -0.261. The molecule has 2 aromatic heterocycles. The highest BCUT2D eigenvalue weighted by molar-refractivity contribution is 6.06. The van der Waals surface area contributed by atoms with Gasteiger partial charge < -0.3 is 4.42 Å². The summed E-state index contributed by atoms with van der Waals surface area (Å²) >= 11 is 0. The molecule has 0 aliphatic heterocycles. The van der Waals surface area contributed by atoms with Crippen molar-refractivity contribution in [1.82, 2.24) is 10.4 Å². The first-order chi connectivity index (χ1) is 12.0. The summed E-state index contributed by atoms with van der Waals surface area (Å²) in [4.78, 5) is 17.3. The molecule has 0 saturated heterocycles. The molecule has 0 unspecified atom stereocenters. The molecule has 3 aromatic rings. The van der Waals surface area contributed by atoms with E-state index in [0.717, 1.165) is 28.8 Å². The molecule has 1 N–H and O–H groups in total. The second-order valence-corrected chi connectivity index (χ2v) is 6.42. The van der Waals surface area contributed by atoms with Crippen molar-refractivity contribution in [3.05, 3.63) is 65.2 Å². The van der Waals surface area contributed by atoms with Crippen molar-refractivity contribution in [3.8, 4) is 0 Å². The number of fused-ring (bicyclic) bond motifs is 1. The summed E-state index contributed by atoms with van der Waals surface area (Å²) in [6.07, 6.45) is 2.31. The maximum absolute atomic E-state index is 12.6. The Morgan fingerprint density at radius 3 is 2.80 bits per heavy atom. The van der Waals surface area contributed by atoms with Crippen LogP contribution in [-0.2, 0) is 6.42 Å². The van der Waals surface area contributed by atoms with Crippen LogP contribution in [-0.4, -0.2) is 17.1 Å². The Kier molecular flexibility index (Phi) is 4.93. The van der Waals surface area contributed by atoms with Crippen LogP contribution in [0.1, 0.15) is 41.4 Å². The zero-order valence-electron chi connectivity index (χ0n) is 14.6. The number of aromatic nitrogens is 1. The molecule has 0 atom stereocenters. The molecule has 2 heterocycles. The Hall–Kier alpha value is -2.95. The lowest BCUT2D eigenvalue weighted by Gasteiger charge is -2.10. The third-order valence-electron chi connectivity index (χ3n) is 3.75. The molecule has 25 heavy (non-hydrogen) atoms. The first-order valence-electron chi connectivity index (χ1n) is 8.31. The Morgan fingerprint density at radius 2 is 2.08 bits per heavy atom. The van der Waals surface area contributed by atoms with E-state index >= 15 is 0 Å². The van der Waals surface area contributed by atoms with Gasteiger partial charge in [-0.25, -0.2) is 5.43 Å². The third-order valence-corrected chi connectivity index (χ3v) is 3.75. The van der Waals surface area contributed by atoms with Crippen LogP contribution in [0.5, 0.6) is 0 Å². The fourth-order valence-corrected chi connectivity index (χ4v) is 2.68. The first kappa shape index (κ1) is 16.9. The fourth-order valence-electron chi connectivity index (χ4n) is 2.68. The summed E-state index contributed by atoms with van der Waals surface area (Å²) in [5.74, 6) is 1.59. The normalized spacial score (nSPS) is 11.5. The maximum Gasteiger partial charge on any atom is 0.272 e. The van der Waals surface area contributed by atoms with Crippen molar-refractivity contribution in [1.29, 1.82) is 0 Å². The largest absolute Gasteiger partial charge is 0.460 e. The zero-order valence-corrected chi connectivity index (χ0v) is 14.6. The number of furan rings is 1. The van der Waals surface area contributed by atoms with Crippen LogP contribution in [0, 0.1) is 12.8 Å². The Bertz CT molecular complexity index is 926. The van der Waals surface area contributed by atoms with E-state index in [-0.39, 0.29) is 5.91 Å². The Morgan fingerprint density at radius 1 is 1.28 bits per heavy atom. The van der Waals surface area contributed by atoms with Gasteiger partial charge in [0.15, 0.2) is 0 Å². The molecule has 1 aromatic carbocycles. The van der Waals surface area contributed by atoms with Gasteiger partial charge in [-0.1, -0.05) is 32.0 Å². The topological polar surface area (TPSA) is 67.5 Å². The second-order valence-electron chi connectivity index (χ2n) is 6.42. The molecule has 0 radical (unpaired) electrons. The molecule has 1 amide bonds. The van der Waals surface area contributed by atoms with Crippen LogP contribution in [0.15, 0.2) is 52.0 Å². The van der Waals surface area contributed by atoms with E-state index in [1.807, 2.05) is 43.3 Å². The van der Waals surface area contributed by atoms with E-state index in [9.17, 15) is 4.79 Å². The summed E-state index contributed by atoms with van der Waals surface area (Å²) < 4.78 is 5.39. The number of pyridine rings is 1. The SMILES string of the molecule is Cc1ccc(C=NNC(=O)c2cc(CC(C)C)nc3ccccc23)o1. The predicted octanol–water partition coefficient (Wildman–Crippen LogP) is 4.10. The number of para-hydroxylation sites is 1. The number of benzene rings is 1. The minimum absolute atomic E-state index is 0.261. The van der Waals surface area contributed by atoms with Crippen LogP contribution in [0.4, 0.5) is 0 Å². The van der Waals surface area contributed by atoms with E-state index in [1.165, 1.54) is 6.21 Å². The number of nitrogens with one attached hydrogen (secondary N) is 1. The summed E-state index contributed by atoms with van der Waals surface area (Å²) in [7, 11) is 0. The van der Waals surface area contributed by atoms with Crippen molar-refractivity contribution in [2.24, 2.45) is 11.0 Å².